The van der Waals surface area contributed by atoms with Crippen LogP contribution in [-0.4, -0.2) is 73.9 Å². The maximum absolute atomic E-state index is 12.9. The summed E-state index contributed by atoms with van der Waals surface area (Å²) in [7, 11) is 3.27. The quantitative estimate of drug-likeness (QED) is 0.833. The van der Waals surface area contributed by atoms with Gasteiger partial charge in [-0.15, -0.1) is 5.10 Å². The first-order chi connectivity index (χ1) is 11.9. The molecule has 1 N–H and O–H groups in total. The van der Waals surface area contributed by atoms with E-state index in [0.29, 0.717) is 6.42 Å². The van der Waals surface area contributed by atoms with E-state index in [4.69, 9.17) is 0 Å². The lowest BCUT2D eigenvalue weighted by molar-refractivity contribution is -0.141. The van der Waals surface area contributed by atoms with Crippen molar-refractivity contribution in [1.29, 1.82) is 0 Å². The molecule has 25 heavy (non-hydrogen) atoms. The first kappa shape index (κ1) is 17.4. The molecule has 2 heterocycles. The second-order valence-corrected chi connectivity index (χ2v) is 7.00. The van der Waals surface area contributed by atoms with Gasteiger partial charge < -0.3 is 14.9 Å². The maximum atomic E-state index is 12.9. The second kappa shape index (κ2) is 6.81. The second-order valence-electron chi connectivity index (χ2n) is 7.00. The third kappa shape index (κ3) is 3.35. The largest absolute Gasteiger partial charge is 0.480 e. The van der Waals surface area contributed by atoms with E-state index in [1.807, 2.05) is 0 Å². The average molecular weight is 349 g/mol. The van der Waals surface area contributed by atoms with Gasteiger partial charge in [-0.25, -0.2) is 9.48 Å². The number of hydrogen-bond acceptors (Lipinski definition) is 5. The minimum atomic E-state index is -0.974. The number of carbonyl (C=O) groups excluding carboxylic acids is 2. The van der Waals surface area contributed by atoms with Crippen molar-refractivity contribution in [3.63, 3.8) is 0 Å². The molecule has 1 saturated heterocycles. The number of likely N-dealkylation sites (tertiary alicyclic amines) is 1. The SMILES string of the molecule is CN(C)C(=O)Cn1cc(C(=O)N2C(C(=O)O)CC3CCCCC32)nn1. The van der Waals surface area contributed by atoms with Crippen molar-refractivity contribution < 1.29 is 19.5 Å². The van der Waals surface area contributed by atoms with E-state index in [-0.39, 0.29) is 30.1 Å². The molecule has 1 saturated carbocycles. The molecule has 3 rings (SSSR count). The Labute approximate surface area is 145 Å². The predicted molar refractivity (Wildman–Crippen MR) is 86.7 cm³/mol. The number of likely N-dealkylation sites (N-methyl/N-ethyl adjacent to an activating group) is 1. The molecule has 2 aliphatic rings. The number of aliphatic carboxylic acids is 1. The van der Waals surface area contributed by atoms with Crippen LogP contribution in [0.15, 0.2) is 6.20 Å². The van der Waals surface area contributed by atoms with Crippen LogP contribution in [0.4, 0.5) is 0 Å². The van der Waals surface area contributed by atoms with E-state index in [9.17, 15) is 19.5 Å². The number of aromatic nitrogens is 3. The lowest BCUT2D eigenvalue weighted by Crippen LogP contribution is -2.46. The Morgan fingerprint density at radius 2 is 2.00 bits per heavy atom. The Morgan fingerprint density at radius 1 is 1.28 bits per heavy atom. The minimum absolute atomic E-state index is 0.0122. The van der Waals surface area contributed by atoms with E-state index in [1.54, 1.807) is 14.1 Å². The fourth-order valence-corrected chi connectivity index (χ4v) is 3.86. The summed E-state index contributed by atoms with van der Waals surface area (Å²) < 4.78 is 1.31. The number of carboxylic acid groups (broad SMARTS) is 1. The Bertz CT molecular complexity index is 686. The zero-order valence-electron chi connectivity index (χ0n) is 14.5. The molecule has 9 nitrogen and oxygen atoms in total. The highest BCUT2D eigenvalue weighted by Gasteiger charge is 2.48. The summed E-state index contributed by atoms with van der Waals surface area (Å²) >= 11 is 0. The number of carboxylic acids is 1. The van der Waals surface area contributed by atoms with Crippen molar-refractivity contribution in [3.05, 3.63) is 11.9 Å². The van der Waals surface area contributed by atoms with Crippen LogP contribution < -0.4 is 0 Å². The van der Waals surface area contributed by atoms with Crippen molar-refractivity contribution in [2.75, 3.05) is 14.1 Å². The van der Waals surface area contributed by atoms with E-state index in [2.05, 4.69) is 10.3 Å². The number of carbonyl (C=O) groups is 3. The first-order valence-electron chi connectivity index (χ1n) is 8.54. The maximum Gasteiger partial charge on any atom is 0.326 e. The predicted octanol–water partition coefficient (Wildman–Crippen LogP) is 0.224. The molecule has 1 aliphatic carbocycles. The van der Waals surface area contributed by atoms with Gasteiger partial charge in [-0.2, -0.15) is 0 Å². The summed E-state index contributed by atoms with van der Waals surface area (Å²) in [5, 5.41) is 17.2. The average Bonchev–Trinajstić information content (AvgIpc) is 3.18. The van der Waals surface area contributed by atoms with Gasteiger partial charge in [-0.3, -0.25) is 9.59 Å². The standard InChI is InChI=1S/C16H23N5O4/c1-19(2)14(22)9-20-8-11(17-18-20)15(23)21-12-6-4-3-5-10(12)7-13(21)16(24)25/h8,10,12-13H,3-7,9H2,1-2H3,(H,24,25). The Morgan fingerprint density at radius 3 is 2.68 bits per heavy atom. The molecule has 2 amide bonds. The number of hydrogen-bond donors (Lipinski definition) is 1. The van der Waals surface area contributed by atoms with Crippen molar-refractivity contribution >= 4 is 17.8 Å². The highest BCUT2D eigenvalue weighted by Crippen LogP contribution is 2.40. The van der Waals surface area contributed by atoms with Crippen LogP contribution >= 0.6 is 0 Å². The van der Waals surface area contributed by atoms with Gasteiger partial charge in [0.05, 0.1) is 6.20 Å². The zero-order chi connectivity index (χ0) is 18.1. The first-order valence-corrected chi connectivity index (χ1v) is 8.54. The molecule has 0 spiro atoms. The number of amides is 2. The minimum Gasteiger partial charge on any atom is -0.480 e. The molecule has 3 unspecified atom stereocenters. The number of rotatable bonds is 4. The van der Waals surface area contributed by atoms with Gasteiger partial charge in [0, 0.05) is 20.1 Å². The lowest BCUT2D eigenvalue weighted by Gasteiger charge is -2.32. The fourth-order valence-electron chi connectivity index (χ4n) is 3.86. The Kier molecular flexibility index (Phi) is 4.73. The van der Waals surface area contributed by atoms with Gasteiger partial charge in [0.1, 0.15) is 12.6 Å². The van der Waals surface area contributed by atoms with Crippen molar-refractivity contribution in [3.8, 4) is 0 Å². The molecule has 1 aromatic rings. The van der Waals surface area contributed by atoms with Crippen molar-refractivity contribution in [2.24, 2.45) is 5.92 Å². The normalized spacial score (nSPS) is 25.5. The summed E-state index contributed by atoms with van der Waals surface area (Å²) in [6.45, 7) is -0.0122. The van der Waals surface area contributed by atoms with E-state index < -0.39 is 17.9 Å². The number of nitrogens with zero attached hydrogens (tertiary/aromatic N) is 5. The summed E-state index contributed by atoms with van der Waals surface area (Å²) in [4.78, 5) is 39.2. The third-order valence-corrected chi connectivity index (χ3v) is 5.16. The topological polar surface area (TPSA) is 109 Å². The van der Waals surface area contributed by atoms with Crippen LogP contribution in [0.1, 0.15) is 42.6 Å². The summed E-state index contributed by atoms with van der Waals surface area (Å²) in [6, 6.07) is -0.856. The molecular formula is C16H23N5O4. The fraction of sp³-hybridized carbons (Fsp3) is 0.688. The Balaban J connectivity index is 1.80. The lowest BCUT2D eigenvalue weighted by atomic mass is 9.84. The summed E-state index contributed by atoms with van der Waals surface area (Å²) in [5.41, 5.74) is 0.0871. The molecular weight excluding hydrogens is 326 g/mol. The van der Waals surface area contributed by atoms with Gasteiger partial charge in [-0.05, 0) is 25.2 Å². The Hall–Kier alpha value is -2.45. The van der Waals surface area contributed by atoms with Crippen LogP contribution in [0.5, 0.6) is 0 Å². The summed E-state index contributed by atoms with van der Waals surface area (Å²) in [5.74, 6) is -1.31. The molecule has 9 heteroatoms. The molecule has 2 fully saturated rings. The number of fused-ring (bicyclic) bond motifs is 1. The van der Waals surface area contributed by atoms with Gasteiger partial charge in [-0.1, -0.05) is 18.1 Å². The molecule has 1 aromatic heterocycles. The molecule has 136 valence electrons. The van der Waals surface area contributed by atoms with Crippen molar-refractivity contribution in [2.45, 2.75) is 50.7 Å². The molecule has 1 aliphatic heterocycles. The van der Waals surface area contributed by atoms with E-state index in [1.165, 1.54) is 20.7 Å². The van der Waals surface area contributed by atoms with Crippen LogP contribution in [0, 0.1) is 5.92 Å². The molecule has 3 atom stereocenters. The smallest absolute Gasteiger partial charge is 0.326 e. The van der Waals surface area contributed by atoms with Crippen LogP contribution in [0.2, 0.25) is 0 Å². The van der Waals surface area contributed by atoms with Crippen LogP contribution in [0.25, 0.3) is 0 Å². The molecule has 0 radical (unpaired) electrons. The van der Waals surface area contributed by atoms with Crippen molar-refractivity contribution in [1.82, 2.24) is 24.8 Å². The summed E-state index contributed by atoms with van der Waals surface area (Å²) in [6.07, 6.45) is 5.78. The van der Waals surface area contributed by atoms with Gasteiger partial charge in [0.25, 0.3) is 5.91 Å². The van der Waals surface area contributed by atoms with Gasteiger partial charge in [0.15, 0.2) is 5.69 Å². The molecule has 0 aromatic carbocycles. The van der Waals surface area contributed by atoms with Crippen LogP contribution in [0.3, 0.4) is 0 Å². The molecule has 0 bridgehead atoms. The van der Waals surface area contributed by atoms with E-state index in [0.717, 1.165) is 25.7 Å². The van der Waals surface area contributed by atoms with Gasteiger partial charge in [0.2, 0.25) is 5.91 Å². The zero-order valence-corrected chi connectivity index (χ0v) is 14.5. The third-order valence-electron chi connectivity index (χ3n) is 5.16. The highest BCUT2D eigenvalue weighted by molar-refractivity contribution is 5.95. The monoisotopic (exact) mass is 349 g/mol. The van der Waals surface area contributed by atoms with E-state index >= 15 is 0 Å². The van der Waals surface area contributed by atoms with Crippen LogP contribution in [-0.2, 0) is 16.1 Å². The highest BCUT2D eigenvalue weighted by atomic mass is 16.4. The van der Waals surface area contributed by atoms with Gasteiger partial charge >= 0.3 is 5.97 Å².